The van der Waals surface area contributed by atoms with Crippen LogP contribution in [0.1, 0.15) is 48.9 Å². The Balaban J connectivity index is 0.000000167. The molecule has 0 aliphatic rings. The Hall–Kier alpha value is -2.60. The third kappa shape index (κ3) is 5.01. The van der Waals surface area contributed by atoms with Gasteiger partial charge < -0.3 is 0 Å². The highest BCUT2D eigenvalue weighted by Crippen LogP contribution is 2.22. The zero-order valence-corrected chi connectivity index (χ0v) is 17.8. The minimum atomic E-state index is 1.21. The lowest BCUT2D eigenvalue weighted by molar-refractivity contribution is 0.864. The van der Waals surface area contributed by atoms with Gasteiger partial charge in [-0.2, -0.15) is 0 Å². The normalized spacial score (nSPS) is 10.7. The van der Waals surface area contributed by atoms with Gasteiger partial charge >= 0.3 is 0 Å². The van der Waals surface area contributed by atoms with E-state index in [4.69, 9.17) is 0 Å². The highest BCUT2D eigenvalue weighted by atomic mass is 14.1. The van der Waals surface area contributed by atoms with E-state index in [2.05, 4.69) is 100 Å². The van der Waals surface area contributed by atoms with Gasteiger partial charge in [0, 0.05) is 0 Å². The zero-order chi connectivity index (χ0) is 19.9. The fourth-order valence-electron chi connectivity index (χ4n) is 3.82. The molecule has 0 aliphatic carbocycles. The summed E-state index contributed by atoms with van der Waals surface area (Å²) in [6.45, 7) is 8.76. The molecule has 0 saturated carbocycles. The van der Waals surface area contributed by atoms with E-state index in [0.29, 0.717) is 0 Å². The van der Waals surface area contributed by atoms with Gasteiger partial charge in [0.05, 0.1) is 0 Å². The lowest BCUT2D eigenvalue weighted by atomic mass is 9.95. The third-order valence-electron chi connectivity index (χ3n) is 5.26. The molecule has 0 amide bonds. The van der Waals surface area contributed by atoms with Crippen LogP contribution in [0.15, 0.2) is 72.8 Å². The first-order valence-electron chi connectivity index (χ1n) is 10.6. The summed E-state index contributed by atoms with van der Waals surface area (Å²) in [6, 6.07) is 26.5. The summed E-state index contributed by atoms with van der Waals surface area (Å²) in [5, 5.41) is 5.43. The molecule has 28 heavy (non-hydrogen) atoms. The summed E-state index contributed by atoms with van der Waals surface area (Å²) in [5.41, 5.74) is 5.74. The lowest BCUT2D eigenvalue weighted by Crippen LogP contribution is -1.94. The van der Waals surface area contributed by atoms with Crippen LogP contribution >= 0.6 is 0 Å². The van der Waals surface area contributed by atoms with Crippen molar-refractivity contribution in [2.75, 3.05) is 0 Å². The average molecular weight is 369 g/mol. The van der Waals surface area contributed by atoms with Gasteiger partial charge in [0.25, 0.3) is 0 Å². The predicted molar refractivity (Wildman–Crippen MR) is 125 cm³/mol. The van der Waals surface area contributed by atoms with Crippen molar-refractivity contribution in [1.82, 2.24) is 0 Å². The molecule has 0 spiro atoms. The highest BCUT2D eigenvalue weighted by Gasteiger charge is 2.03. The predicted octanol–water partition coefficient (Wildman–Crippen LogP) is 8.20. The standard InChI is InChI=1S/C16H20.C12H12/c1-3-7-13-11-15-9-5-6-10-16(15)12-14(13)8-4-2;1-9-3-5-12-8-10(2)4-6-11(12)7-9/h5-6,9-12H,3-4,7-8H2,1-2H3;3-8H,1-2H3. The molecule has 4 aromatic carbocycles. The first-order valence-corrected chi connectivity index (χ1v) is 10.6. The average Bonchev–Trinajstić information content (AvgIpc) is 2.69. The fraction of sp³-hybridized carbons (Fsp3) is 0.286. The van der Waals surface area contributed by atoms with E-state index in [0.717, 1.165) is 0 Å². The van der Waals surface area contributed by atoms with Crippen molar-refractivity contribution in [2.24, 2.45) is 0 Å². The van der Waals surface area contributed by atoms with Crippen LogP contribution in [-0.4, -0.2) is 0 Å². The summed E-state index contributed by atoms with van der Waals surface area (Å²) in [4.78, 5) is 0. The Morgan fingerprint density at radius 2 is 0.893 bits per heavy atom. The van der Waals surface area contributed by atoms with Gasteiger partial charge in [-0.1, -0.05) is 111 Å². The zero-order valence-electron chi connectivity index (χ0n) is 17.8. The molecule has 4 rings (SSSR count). The third-order valence-corrected chi connectivity index (χ3v) is 5.26. The Bertz CT molecular complexity index is 970. The molecule has 0 radical (unpaired) electrons. The van der Waals surface area contributed by atoms with E-state index in [9.17, 15) is 0 Å². The minimum absolute atomic E-state index is 1.21. The maximum absolute atomic E-state index is 2.38. The first kappa shape index (κ1) is 20.1. The van der Waals surface area contributed by atoms with Crippen LogP contribution in [0.25, 0.3) is 21.5 Å². The molecule has 0 heterocycles. The summed E-state index contributed by atoms with van der Waals surface area (Å²) in [7, 11) is 0. The minimum Gasteiger partial charge on any atom is -0.0651 e. The Morgan fingerprint density at radius 3 is 1.29 bits per heavy atom. The van der Waals surface area contributed by atoms with Crippen molar-refractivity contribution in [2.45, 2.75) is 53.4 Å². The number of rotatable bonds is 4. The Labute approximate surface area is 170 Å². The van der Waals surface area contributed by atoms with Gasteiger partial charge in [0.1, 0.15) is 0 Å². The second kappa shape index (κ2) is 9.55. The van der Waals surface area contributed by atoms with Gasteiger partial charge in [-0.05, 0) is 59.4 Å². The van der Waals surface area contributed by atoms with Crippen molar-refractivity contribution in [3.63, 3.8) is 0 Å². The topological polar surface area (TPSA) is 0 Å². The molecule has 4 aromatic rings. The molecule has 0 unspecified atom stereocenters. The smallest absolute Gasteiger partial charge is 0.0181 e. The van der Waals surface area contributed by atoms with E-state index in [-0.39, 0.29) is 0 Å². The van der Waals surface area contributed by atoms with Crippen LogP contribution < -0.4 is 0 Å². The second-order valence-electron chi connectivity index (χ2n) is 7.82. The summed E-state index contributed by atoms with van der Waals surface area (Å²) < 4.78 is 0. The van der Waals surface area contributed by atoms with Crippen LogP contribution in [-0.2, 0) is 12.8 Å². The monoisotopic (exact) mass is 368 g/mol. The maximum Gasteiger partial charge on any atom is -0.0181 e. The van der Waals surface area contributed by atoms with E-state index in [1.54, 1.807) is 11.1 Å². The summed E-state index contributed by atoms with van der Waals surface area (Å²) >= 11 is 0. The molecule has 0 aliphatic heterocycles. The highest BCUT2D eigenvalue weighted by molar-refractivity contribution is 5.84. The molecule has 0 heteroatoms. The van der Waals surface area contributed by atoms with Crippen LogP contribution in [0, 0.1) is 13.8 Å². The maximum atomic E-state index is 2.38. The SMILES string of the molecule is CCCc1cc2ccccc2cc1CCC.Cc1ccc2cc(C)ccc2c1. The van der Waals surface area contributed by atoms with Crippen molar-refractivity contribution in [3.8, 4) is 0 Å². The van der Waals surface area contributed by atoms with Crippen LogP contribution in [0.4, 0.5) is 0 Å². The molecular weight excluding hydrogens is 336 g/mol. The molecule has 144 valence electrons. The van der Waals surface area contributed by atoms with E-state index < -0.39 is 0 Å². The Morgan fingerprint density at radius 1 is 0.500 bits per heavy atom. The van der Waals surface area contributed by atoms with Gasteiger partial charge in [-0.25, -0.2) is 0 Å². The van der Waals surface area contributed by atoms with E-state index >= 15 is 0 Å². The number of fused-ring (bicyclic) bond motifs is 2. The first-order chi connectivity index (χ1) is 13.6. The molecule has 0 fully saturated rings. The molecule has 0 N–H and O–H groups in total. The largest absolute Gasteiger partial charge is 0.0651 e. The van der Waals surface area contributed by atoms with Gasteiger partial charge in [-0.15, -0.1) is 0 Å². The molecule has 0 nitrogen and oxygen atoms in total. The molecular formula is C28H32. The molecule has 0 aromatic heterocycles. The van der Waals surface area contributed by atoms with Crippen molar-refractivity contribution in [3.05, 3.63) is 95.1 Å². The molecule has 0 saturated heterocycles. The fourth-order valence-corrected chi connectivity index (χ4v) is 3.82. The van der Waals surface area contributed by atoms with Gasteiger partial charge in [0.15, 0.2) is 0 Å². The molecule has 0 atom stereocenters. The number of hydrogen-bond acceptors (Lipinski definition) is 0. The quantitative estimate of drug-likeness (QED) is 0.340. The van der Waals surface area contributed by atoms with Crippen molar-refractivity contribution in [1.29, 1.82) is 0 Å². The van der Waals surface area contributed by atoms with Crippen LogP contribution in [0.5, 0.6) is 0 Å². The number of benzene rings is 4. The van der Waals surface area contributed by atoms with Crippen molar-refractivity contribution >= 4 is 21.5 Å². The summed E-state index contributed by atoms with van der Waals surface area (Å²) in [6.07, 6.45) is 4.88. The van der Waals surface area contributed by atoms with E-state index in [1.165, 1.54) is 58.4 Å². The van der Waals surface area contributed by atoms with Gasteiger partial charge in [0.2, 0.25) is 0 Å². The van der Waals surface area contributed by atoms with E-state index in [1.807, 2.05) is 0 Å². The van der Waals surface area contributed by atoms with Crippen LogP contribution in [0.3, 0.4) is 0 Å². The number of hydrogen-bond donors (Lipinski definition) is 0. The molecule has 0 bridgehead atoms. The van der Waals surface area contributed by atoms with Crippen LogP contribution in [0.2, 0.25) is 0 Å². The number of aryl methyl sites for hydroxylation is 4. The lowest BCUT2D eigenvalue weighted by Gasteiger charge is -2.10. The Kier molecular flexibility index (Phi) is 6.87. The summed E-state index contributed by atoms with van der Waals surface area (Å²) in [5.74, 6) is 0. The second-order valence-corrected chi connectivity index (χ2v) is 7.82. The van der Waals surface area contributed by atoms with Crippen molar-refractivity contribution < 1.29 is 0 Å². The van der Waals surface area contributed by atoms with Gasteiger partial charge in [-0.3, -0.25) is 0 Å².